The predicted octanol–water partition coefficient (Wildman–Crippen LogP) is 1.28. The minimum atomic E-state index is -0.120. The molecule has 0 saturated carbocycles. The number of carbonyl (C=O) groups excluding carboxylic acids is 1. The lowest BCUT2D eigenvalue weighted by Crippen LogP contribution is -2.29. The van der Waals surface area contributed by atoms with Crippen molar-refractivity contribution >= 4 is 17.2 Å². The lowest BCUT2D eigenvalue weighted by molar-refractivity contribution is -0.125. The highest BCUT2D eigenvalue weighted by molar-refractivity contribution is 7.09. The molecule has 1 rings (SSSR count). The minimum Gasteiger partial charge on any atom is -0.375 e. The maximum absolute atomic E-state index is 11.2. The third-order valence-corrected chi connectivity index (χ3v) is 2.53. The summed E-state index contributed by atoms with van der Waals surface area (Å²) in [7, 11) is 1.50. The van der Waals surface area contributed by atoms with Crippen molar-refractivity contribution in [3.63, 3.8) is 0 Å². The van der Waals surface area contributed by atoms with Gasteiger partial charge in [0.05, 0.1) is 16.7 Å². The molecular formula is C9H14N2O2S. The molecule has 1 amide bonds. The maximum atomic E-state index is 11.2. The number of aryl methyl sites for hydroxylation is 1. The van der Waals surface area contributed by atoms with Crippen LogP contribution in [0.2, 0.25) is 0 Å². The molecule has 1 N–H and O–H groups in total. The smallest absolute Gasteiger partial charge is 0.246 e. The molecule has 1 aromatic heterocycles. The van der Waals surface area contributed by atoms with Crippen LogP contribution in [0, 0.1) is 6.92 Å². The molecule has 0 saturated heterocycles. The van der Waals surface area contributed by atoms with Gasteiger partial charge in [-0.2, -0.15) is 0 Å². The van der Waals surface area contributed by atoms with Gasteiger partial charge in [0.15, 0.2) is 0 Å². The summed E-state index contributed by atoms with van der Waals surface area (Å²) in [5.41, 5.74) is 0.900. The van der Waals surface area contributed by atoms with Crippen molar-refractivity contribution in [3.8, 4) is 0 Å². The molecule has 4 nitrogen and oxygen atoms in total. The molecule has 0 fully saturated rings. The Kier molecular flexibility index (Phi) is 4.03. The van der Waals surface area contributed by atoms with Crippen LogP contribution in [-0.4, -0.2) is 24.6 Å². The van der Waals surface area contributed by atoms with Gasteiger partial charge in [0.25, 0.3) is 0 Å². The largest absolute Gasteiger partial charge is 0.375 e. The fourth-order valence-electron chi connectivity index (χ4n) is 1.07. The lowest BCUT2D eigenvalue weighted by atomic mass is 10.2. The Morgan fingerprint density at radius 1 is 1.79 bits per heavy atom. The second-order valence-electron chi connectivity index (χ2n) is 3.01. The summed E-state index contributed by atoms with van der Waals surface area (Å²) in [6, 6.07) is -0.0531. The Morgan fingerprint density at radius 3 is 3.00 bits per heavy atom. The molecule has 1 unspecified atom stereocenters. The van der Waals surface area contributed by atoms with E-state index in [0.717, 1.165) is 10.7 Å². The first-order valence-electron chi connectivity index (χ1n) is 4.34. The van der Waals surface area contributed by atoms with E-state index in [0.29, 0.717) is 0 Å². The number of nitrogens with one attached hydrogen (secondary N) is 1. The van der Waals surface area contributed by atoms with E-state index in [1.807, 2.05) is 19.2 Å². The van der Waals surface area contributed by atoms with Gasteiger partial charge in [-0.25, -0.2) is 4.98 Å². The van der Waals surface area contributed by atoms with Gasteiger partial charge in [0.2, 0.25) is 5.91 Å². The van der Waals surface area contributed by atoms with Crippen LogP contribution in [0.15, 0.2) is 5.38 Å². The van der Waals surface area contributed by atoms with Gasteiger partial charge < -0.3 is 10.1 Å². The Labute approximate surface area is 87.3 Å². The van der Waals surface area contributed by atoms with Crippen LogP contribution in [0.3, 0.4) is 0 Å². The van der Waals surface area contributed by atoms with Gasteiger partial charge >= 0.3 is 0 Å². The molecule has 0 aliphatic heterocycles. The van der Waals surface area contributed by atoms with Gasteiger partial charge in [-0.15, -0.1) is 11.3 Å². The predicted molar refractivity (Wildman–Crippen MR) is 55.3 cm³/mol. The van der Waals surface area contributed by atoms with Crippen LogP contribution < -0.4 is 5.32 Å². The number of ether oxygens (including phenoxy) is 1. The molecule has 5 heteroatoms. The zero-order valence-corrected chi connectivity index (χ0v) is 9.35. The van der Waals surface area contributed by atoms with Gasteiger partial charge in [0.1, 0.15) is 6.61 Å². The lowest BCUT2D eigenvalue weighted by Gasteiger charge is -2.10. The van der Waals surface area contributed by atoms with Crippen LogP contribution >= 0.6 is 11.3 Å². The molecule has 14 heavy (non-hydrogen) atoms. The molecule has 1 heterocycles. The normalized spacial score (nSPS) is 12.5. The minimum absolute atomic E-state index is 0.0531. The number of carbonyl (C=O) groups is 1. The van der Waals surface area contributed by atoms with Crippen molar-refractivity contribution in [2.24, 2.45) is 0 Å². The van der Waals surface area contributed by atoms with Gasteiger partial charge in [0, 0.05) is 12.5 Å². The van der Waals surface area contributed by atoms with Crippen LogP contribution in [-0.2, 0) is 9.53 Å². The molecule has 0 bridgehead atoms. The summed E-state index contributed by atoms with van der Waals surface area (Å²) in [5, 5.41) is 5.75. The van der Waals surface area contributed by atoms with Crippen molar-refractivity contribution < 1.29 is 9.53 Å². The van der Waals surface area contributed by atoms with Crippen molar-refractivity contribution in [2.75, 3.05) is 13.7 Å². The number of hydrogen-bond donors (Lipinski definition) is 1. The first-order valence-corrected chi connectivity index (χ1v) is 5.21. The Balaban J connectivity index is 2.50. The molecule has 0 aromatic carbocycles. The number of nitrogens with zero attached hydrogens (tertiary/aromatic N) is 1. The monoisotopic (exact) mass is 214 g/mol. The van der Waals surface area contributed by atoms with Crippen LogP contribution in [0.25, 0.3) is 0 Å². The van der Waals surface area contributed by atoms with E-state index in [9.17, 15) is 4.79 Å². The number of hydrogen-bond acceptors (Lipinski definition) is 4. The Hall–Kier alpha value is -0.940. The topological polar surface area (TPSA) is 51.2 Å². The quantitative estimate of drug-likeness (QED) is 0.821. The second-order valence-corrected chi connectivity index (χ2v) is 4.08. The highest BCUT2D eigenvalue weighted by atomic mass is 32.1. The van der Waals surface area contributed by atoms with E-state index in [4.69, 9.17) is 4.74 Å². The van der Waals surface area contributed by atoms with Gasteiger partial charge in [-0.1, -0.05) is 0 Å². The summed E-state index contributed by atoms with van der Waals surface area (Å²) in [5.74, 6) is -0.120. The number of amides is 1. The summed E-state index contributed by atoms with van der Waals surface area (Å²) in [6.45, 7) is 3.94. The molecule has 0 spiro atoms. The maximum Gasteiger partial charge on any atom is 0.246 e. The number of thiazole rings is 1. The van der Waals surface area contributed by atoms with Crippen molar-refractivity contribution in [2.45, 2.75) is 19.9 Å². The molecule has 1 atom stereocenters. The fraction of sp³-hybridized carbons (Fsp3) is 0.556. The fourth-order valence-corrected chi connectivity index (χ4v) is 1.77. The molecular weight excluding hydrogens is 200 g/mol. The zero-order chi connectivity index (χ0) is 10.6. The number of rotatable bonds is 4. The number of aromatic nitrogens is 1. The standard InChI is InChI=1S/C9H14N2O2S/c1-6(10-9(12)4-13-3)8-5-14-7(2)11-8/h5-6H,4H2,1-3H3,(H,10,12). The van der Waals surface area contributed by atoms with E-state index >= 15 is 0 Å². The average molecular weight is 214 g/mol. The first-order chi connectivity index (χ1) is 6.63. The summed E-state index contributed by atoms with van der Waals surface area (Å²) in [6.07, 6.45) is 0. The van der Waals surface area contributed by atoms with Crippen molar-refractivity contribution in [1.82, 2.24) is 10.3 Å². The van der Waals surface area contributed by atoms with E-state index < -0.39 is 0 Å². The molecule has 0 radical (unpaired) electrons. The second kappa shape index (κ2) is 5.07. The van der Waals surface area contributed by atoms with E-state index in [-0.39, 0.29) is 18.6 Å². The Morgan fingerprint density at radius 2 is 2.50 bits per heavy atom. The third-order valence-electron chi connectivity index (χ3n) is 1.73. The first kappa shape index (κ1) is 11.1. The van der Waals surface area contributed by atoms with Crippen LogP contribution in [0.4, 0.5) is 0 Å². The highest BCUT2D eigenvalue weighted by Crippen LogP contribution is 2.15. The summed E-state index contributed by atoms with van der Waals surface area (Å²) >= 11 is 1.58. The SMILES string of the molecule is COCC(=O)NC(C)c1csc(C)n1. The van der Waals surface area contributed by atoms with E-state index in [1.54, 1.807) is 11.3 Å². The highest BCUT2D eigenvalue weighted by Gasteiger charge is 2.11. The van der Waals surface area contributed by atoms with E-state index in [2.05, 4.69) is 10.3 Å². The van der Waals surface area contributed by atoms with Crippen LogP contribution in [0.1, 0.15) is 23.7 Å². The Bertz CT molecular complexity index is 312. The van der Waals surface area contributed by atoms with Gasteiger partial charge in [-0.05, 0) is 13.8 Å². The molecule has 0 aliphatic carbocycles. The zero-order valence-electron chi connectivity index (χ0n) is 8.53. The van der Waals surface area contributed by atoms with Crippen molar-refractivity contribution in [3.05, 3.63) is 16.1 Å². The van der Waals surface area contributed by atoms with Crippen molar-refractivity contribution in [1.29, 1.82) is 0 Å². The average Bonchev–Trinajstić information content (AvgIpc) is 2.52. The van der Waals surface area contributed by atoms with E-state index in [1.165, 1.54) is 7.11 Å². The molecule has 0 aliphatic rings. The third kappa shape index (κ3) is 3.08. The van der Waals surface area contributed by atoms with Crippen LogP contribution in [0.5, 0.6) is 0 Å². The summed E-state index contributed by atoms with van der Waals surface area (Å²) < 4.78 is 4.72. The number of methoxy groups -OCH3 is 1. The molecule has 1 aromatic rings. The van der Waals surface area contributed by atoms with Gasteiger partial charge in [-0.3, -0.25) is 4.79 Å². The summed E-state index contributed by atoms with van der Waals surface area (Å²) in [4.78, 5) is 15.5. The molecule has 78 valence electrons.